The molecule has 1 heterocycles. The van der Waals surface area contributed by atoms with Crippen molar-refractivity contribution < 1.29 is 23.0 Å². The molecule has 0 radical (unpaired) electrons. The summed E-state index contributed by atoms with van der Waals surface area (Å²) in [6.45, 7) is 2.64. The fourth-order valence-electron chi connectivity index (χ4n) is 4.20. The van der Waals surface area contributed by atoms with Crippen molar-refractivity contribution in [2.24, 2.45) is 0 Å². The summed E-state index contributed by atoms with van der Waals surface area (Å²) in [5.41, 5.74) is 0. The van der Waals surface area contributed by atoms with Crippen LogP contribution < -0.4 is 14.8 Å². The van der Waals surface area contributed by atoms with Crippen molar-refractivity contribution in [2.45, 2.75) is 87.5 Å². The standard InChI is InChI=1S/C20H33N3O5S/c1-3-28-18-11-7-5-9-16(18)22-20-19(27-2)12-14(13-21-20)29(25,26)23-15-8-4-6-10-17(15)24/h12-13,15-18,23-24H,3-11H2,1-2H3,(H,21,22)/t15-,16-,17+,18-/m1/s1. The van der Waals surface area contributed by atoms with Crippen molar-refractivity contribution in [3.05, 3.63) is 12.3 Å². The third-order valence-electron chi connectivity index (χ3n) is 5.80. The van der Waals surface area contributed by atoms with Gasteiger partial charge in [0.2, 0.25) is 10.0 Å². The molecule has 8 nitrogen and oxygen atoms in total. The highest BCUT2D eigenvalue weighted by molar-refractivity contribution is 7.89. The van der Waals surface area contributed by atoms with E-state index in [1.54, 1.807) is 0 Å². The first-order valence-electron chi connectivity index (χ1n) is 10.6. The molecule has 3 rings (SSSR count). The SMILES string of the molecule is CCO[C@@H]1CCCC[C@H]1Nc1ncc(S(=O)(=O)N[C@@H]2CCCC[C@@H]2O)cc1OC. The molecule has 0 amide bonds. The van der Waals surface area contributed by atoms with Crippen LogP contribution in [0.25, 0.3) is 0 Å². The van der Waals surface area contributed by atoms with Gasteiger partial charge in [-0.15, -0.1) is 0 Å². The second kappa shape index (κ2) is 10.1. The number of ether oxygens (including phenoxy) is 2. The average Bonchev–Trinajstić information content (AvgIpc) is 2.71. The zero-order valence-corrected chi connectivity index (χ0v) is 18.1. The number of aliphatic hydroxyl groups excluding tert-OH is 1. The lowest BCUT2D eigenvalue weighted by Gasteiger charge is -2.32. The summed E-state index contributed by atoms with van der Waals surface area (Å²) in [5, 5.41) is 13.5. The Kier molecular flexibility index (Phi) is 7.72. The smallest absolute Gasteiger partial charge is 0.242 e. The molecule has 0 bridgehead atoms. The lowest BCUT2D eigenvalue weighted by atomic mass is 9.92. The summed E-state index contributed by atoms with van der Waals surface area (Å²) < 4.78 is 39.5. The molecule has 0 saturated heterocycles. The van der Waals surface area contributed by atoms with E-state index in [-0.39, 0.29) is 17.0 Å². The zero-order valence-electron chi connectivity index (χ0n) is 17.3. The molecular formula is C20H33N3O5S. The zero-order chi connectivity index (χ0) is 20.9. The first kappa shape index (κ1) is 22.3. The normalized spacial score (nSPS) is 28.1. The fraction of sp³-hybridized carbons (Fsp3) is 0.750. The molecule has 2 aliphatic rings. The highest BCUT2D eigenvalue weighted by Gasteiger charge is 2.30. The minimum Gasteiger partial charge on any atom is -0.493 e. The van der Waals surface area contributed by atoms with Crippen LogP contribution in [0.1, 0.15) is 58.3 Å². The van der Waals surface area contributed by atoms with E-state index in [0.717, 1.165) is 38.5 Å². The summed E-state index contributed by atoms with van der Waals surface area (Å²) in [6, 6.07) is 1.13. The molecule has 2 saturated carbocycles. The van der Waals surface area contributed by atoms with Gasteiger partial charge in [-0.3, -0.25) is 0 Å². The van der Waals surface area contributed by atoms with Gasteiger partial charge in [-0.2, -0.15) is 0 Å². The van der Waals surface area contributed by atoms with E-state index in [1.807, 2.05) is 6.92 Å². The fourth-order valence-corrected chi connectivity index (χ4v) is 5.47. The number of hydrogen-bond donors (Lipinski definition) is 3. The molecule has 3 N–H and O–H groups in total. The van der Waals surface area contributed by atoms with Crippen molar-refractivity contribution in [1.29, 1.82) is 0 Å². The molecule has 29 heavy (non-hydrogen) atoms. The predicted molar refractivity (Wildman–Crippen MR) is 111 cm³/mol. The number of methoxy groups -OCH3 is 1. The van der Waals surface area contributed by atoms with E-state index in [1.165, 1.54) is 19.4 Å². The molecule has 9 heteroatoms. The van der Waals surface area contributed by atoms with Gasteiger partial charge >= 0.3 is 0 Å². The summed E-state index contributed by atoms with van der Waals surface area (Å²) in [4.78, 5) is 4.37. The van der Waals surface area contributed by atoms with Crippen molar-refractivity contribution >= 4 is 15.8 Å². The number of nitrogens with zero attached hydrogens (tertiary/aromatic N) is 1. The maximum absolute atomic E-state index is 12.8. The van der Waals surface area contributed by atoms with E-state index in [2.05, 4.69) is 15.0 Å². The van der Waals surface area contributed by atoms with Crippen LogP contribution >= 0.6 is 0 Å². The Bertz CT molecular complexity index is 771. The Hall–Kier alpha value is -1.42. The molecule has 1 aromatic heterocycles. The van der Waals surface area contributed by atoms with Crippen LogP contribution in [0.15, 0.2) is 17.2 Å². The third kappa shape index (κ3) is 5.59. The monoisotopic (exact) mass is 427 g/mol. The van der Waals surface area contributed by atoms with Gasteiger partial charge in [-0.25, -0.2) is 18.1 Å². The van der Waals surface area contributed by atoms with E-state index >= 15 is 0 Å². The molecule has 1 aromatic rings. The lowest BCUT2D eigenvalue weighted by molar-refractivity contribution is 0.0279. The van der Waals surface area contributed by atoms with Crippen LogP contribution in [0.3, 0.4) is 0 Å². The van der Waals surface area contributed by atoms with Gasteiger partial charge in [0, 0.05) is 24.9 Å². The number of nitrogens with one attached hydrogen (secondary N) is 2. The Morgan fingerprint density at radius 2 is 1.83 bits per heavy atom. The Labute approximate surface area is 173 Å². The van der Waals surface area contributed by atoms with Crippen molar-refractivity contribution in [3.63, 3.8) is 0 Å². The maximum Gasteiger partial charge on any atom is 0.242 e. The molecule has 2 aliphatic carbocycles. The van der Waals surface area contributed by atoms with Crippen molar-refractivity contribution in [2.75, 3.05) is 19.0 Å². The molecule has 4 atom stereocenters. The summed E-state index contributed by atoms with van der Waals surface area (Å²) in [5.74, 6) is 0.888. The molecule has 0 aliphatic heterocycles. The number of aromatic nitrogens is 1. The first-order chi connectivity index (χ1) is 13.9. The van der Waals surface area contributed by atoms with Crippen LogP contribution in [0.4, 0.5) is 5.82 Å². The van der Waals surface area contributed by atoms with Crippen LogP contribution in [-0.4, -0.2) is 56.5 Å². The van der Waals surface area contributed by atoms with E-state index in [0.29, 0.717) is 31.0 Å². The Morgan fingerprint density at radius 3 is 2.52 bits per heavy atom. The lowest BCUT2D eigenvalue weighted by Crippen LogP contribution is -2.45. The van der Waals surface area contributed by atoms with E-state index < -0.39 is 22.2 Å². The summed E-state index contributed by atoms with van der Waals surface area (Å²) in [7, 11) is -2.30. The summed E-state index contributed by atoms with van der Waals surface area (Å²) in [6.07, 6.45) is 8.06. The van der Waals surface area contributed by atoms with Crippen LogP contribution in [0.5, 0.6) is 5.75 Å². The molecule has 164 valence electrons. The summed E-state index contributed by atoms with van der Waals surface area (Å²) >= 11 is 0. The number of pyridine rings is 1. The van der Waals surface area contributed by atoms with Gasteiger partial charge < -0.3 is 19.9 Å². The van der Waals surface area contributed by atoms with E-state index in [9.17, 15) is 13.5 Å². The second-order valence-corrected chi connectivity index (χ2v) is 9.54. The van der Waals surface area contributed by atoms with Crippen LogP contribution in [0, 0.1) is 0 Å². The first-order valence-corrected chi connectivity index (χ1v) is 12.1. The molecule has 0 unspecified atom stereocenters. The number of hydrogen-bond acceptors (Lipinski definition) is 7. The molecular weight excluding hydrogens is 394 g/mol. The van der Waals surface area contributed by atoms with Gasteiger partial charge in [0.05, 0.1) is 25.4 Å². The Morgan fingerprint density at radius 1 is 1.14 bits per heavy atom. The highest BCUT2D eigenvalue weighted by Crippen LogP contribution is 2.30. The number of sulfonamides is 1. The number of rotatable bonds is 8. The maximum atomic E-state index is 12.8. The minimum atomic E-state index is -3.80. The highest BCUT2D eigenvalue weighted by atomic mass is 32.2. The topological polar surface area (TPSA) is 110 Å². The number of anilines is 1. The van der Waals surface area contributed by atoms with Gasteiger partial charge in [0.15, 0.2) is 11.6 Å². The van der Waals surface area contributed by atoms with Crippen LogP contribution in [-0.2, 0) is 14.8 Å². The molecule has 0 spiro atoms. The second-order valence-electron chi connectivity index (χ2n) is 7.83. The third-order valence-corrected chi connectivity index (χ3v) is 7.26. The van der Waals surface area contributed by atoms with Gasteiger partial charge in [0.1, 0.15) is 4.90 Å². The molecule has 2 fully saturated rings. The van der Waals surface area contributed by atoms with Crippen LogP contribution in [0.2, 0.25) is 0 Å². The predicted octanol–water partition coefficient (Wildman–Crippen LogP) is 2.43. The number of aliphatic hydroxyl groups is 1. The van der Waals surface area contributed by atoms with E-state index in [4.69, 9.17) is 9.47 Å². The minimum absolute atomic E-state index is 0.0303. The largest absolute Gasteiger partial charge is 0.493 e. The quantitative estimate of drug-likeness (QED) is 0.584. The van der Waals surface area contributed by atoms with Gasteiger partial charge in [0.25, 0.3) is 0 Å². The molecule has 0 aromatic carbocycles. The van der Waals surface area contributed by atoms with Gasteiger partial charge in [-0.1, -0.05) is 25.7 Å². The van der Waals surface area contributed by atoms with Crippen molar-refractivity contribution in [1.82, 2.24) is 9.71 Å². The average molecular weight is 428 g/mol. The Balaban J connectivity index is 1.75. The van der Waals surface area contributed by atoms with Gasteiger partial charge in [-0.05, 0) is 32.6 Å². The van der Waals surface area contributed by atoms with Crippen molar-refractivity contribution in [3.8, 4) is 5.75 Å².